The van der Waals surface area contributed by atoms with Crippen LogP contribution in [-0.2, 0) is 4.79 Å². The van der Waals surface area contributed by atoms with Gasteiger partial charge in [-0.2, -0.15) is 4.39 Å². The molecule has 0 aliphatic rings. The van der Waals surface area contributed by atoms with Crippen LogP contribution in [0.15, 0.2) is 18.2 Å². The van der Waals surface area contributed by atoms with Gasteiger partial charge in [-0.1, -0.05) is 0 Å². The van der Waals surface area contributed by atoms with Crippen LogP contribution < -0.4 is 0 Å². The second-order valence-corrected chi connectivity index (χ2v) is 3.11. The molecule has 0 fully saturated rings. The van der Waals surface area contributed by atoms with Crippen molar-refractivity contribution in [1.82, 2.24) is 0 Å². The smallest absolute Gasteiger partial charge is 0.328 e. The number of halogens is 1. The molecule has 0 amide bonds. The van der Waals surface area contributed by atoms with Crippen LogP contribution in [0, 0.1) is 22.9 Å². The predicted molar refractivity (Wildman–Crippen MR) is 54.5 cm³/mol. The third-order valence-electron chi connectivity index (χ3n) is 1.83. The largest absolute Gasteiger partial charge is 0.478 e. The maximum absolute atomic E-state index is 13.3. The molecule has 0 heterocycles. The SMILES string of the molecule is Cc1cc(F)c([N+](=O)[O-])c(/C=C/C(=O)O)c1. The molecule has 0 radical (unpaired) electrons. The first-order chi connectivity index (χ1) is 7.41. The predicted octanol–water partition coefficient (Wildman–Crippen LogP) is 2.14. The number of carboxylic acid groups (broad SMARTS) is 1. The Morgan fingerprint density at radius 3 is 2.69 bits per heavy atom. The normalized spacial score (nSPS) is 10.6. The molecule has 0 aliphatic carbocycles. The van der Waals surface area contributed by atoms with Gasteiger partial charge >= 0.3 is 11.7 Å². The van der Waals surface area contributed by atoms with Crippen molar-refractivity contribution in [2.75, 3.05) is 0 Å². The standard InChI is InChI=1S/C10H8FNO4/c1-6-4-7(2-3-9(13)14)10(12(15)16)8(11)5-6/h2-5H,1H3,(H,13,14)/b3-2+. The van der Waals surface area contributed by atoms with E-state index in [4.69, 9.17) is 5.11 Å². The van der Waals surface area contributed by atoms with Crippen LogP contribution in [0.2, 0.25) is 0 Å². The molecule has 0 saturated heterocycles. The van der Waals surface area contributed by atoms with Gasteiger partial charge in [-0.3, -0.25) is 10.1 Å². The number of nitrogens with zero attached hydrogens (tertiary/aromatic N) is 1. The van der Waals surface area contributed by atoms with Gasteiger partial charge in [0.2, 0.25) is 5.82 Å². The molecule has 0 aromatic heterocycles. The molecule has 1 aromatic carbocycles. The summed E-state index contributed by atoms with van der Waals surface area (Å²) in [5, 5.41) is 19.0. The number of nitro groups is 1. The third-order valence-corrected chi connectivity index (χ3v) is 1.83. The summed E-state index contributed by atoms with van der Waals surface area (Å²) in [4.78, 5) is 20.0. The maximum atomic E-state index is 13.3. The number of carbonyl (C=O) groups is 1. The first-order valence-corrected chi connectivity index (χ1v) is 4.27. The van der Waals surface area contributed by atoms with Crippen LogP contribution in [0.25, 0.3) is 6.08 Å². The zero-order valence-electron chi connectivity index (χ0n) is 8.31. The summed E-state index contributed by atoms with van der Waals surface area (Å²) in [6.45, 7) is 1.56. The van der Waals surface area contributed by atoms with Gasteiger partial charge in [-0.25, -0.2) is 4.79 Å². The van der Waals surface area contributed by atoms with Crippen molar-refractivity contribution in [2.24, 2.45) is 0 Å². The minimum atomic E-state index is -1.25. The van der Waals surface area contributed by atoms with E-state index in [-0.39, 0.29) is 5.56 Å². The zero-order valence-corrected chi connectivity index (χ0v) is 8.31. The molecule has 1 rings (SSSR count). The fourth-order valence-corrected chi connectivity index (χ4v) is 1.24. The van der Waals surface area contributed by atoms with Crippen LogP contribution in [0.5, 0.6) is 0 Å². The number of benzene rings is 1. The first kappa shape index (κ1) is 11.8. The van der Waals surface area contributed by atoms with E-state index in [1.165, 1.54) is 6.07 Å². The summed E-state index contributed by atoms with van der Waals surface area (Å²) in [7, 11) is 0. The van der Waals surface area contributed by atoms with Crippen LogP contribution >= 0.6 is 0 Å². The maximum Gasteiger partial charge on any atom is 0.328 e. The summed E-state index contributed by atoms with van der Waals surface area (Å²) >= 11 is 0. The fraction of sp³-hybridized carbons (Fsp3) is 0.100. The molecule has 6 heteroatoms. The Hall–Kier alpha value is -2.24. The van der Waals surface area contributed by atoms with Crippen LogP contribution in [0.4, 0.5) is 10.1 Å². The molecule has 1 aromatic rings. The van der Waals surface area contributed by atoms with Gasteiger partial charge < -0.3 is 5.11 Å². The number of aliphatic carboxylic acids is 1. The van der Waals surface area contributed by atoms with E-state index in [0.29, 0.717) is 5.56 Å². The topological polar surface area (TPSA) is 80.4 Å². The molecule has 1 N–H and O–H groups in total. The average Bonchev–Trinajstić information content (AvgIpc) is 2.12. The fourth-order valence-electron chi connectivity index (χ4n) is 1.24. The lowest BCUT2D eigenvalue weighted by Crippen LogP contribution is -1.97. The van der Waals surface area contributed by atoms with Gasteiger partial charge in [0.25, 0.3) is 0 Å². The van der Waals surface area contributed by atoms with Gasteiger partial charge in [-0.15, -0.1) is 0 Å². The second kappa shape index (κ2) is 4.52. The Kier molecular flexibility index (Phi) is 3.34. The minimum Gasteiger partial charge on any atom is -0.478 e. The molecule has 0 spiro atoms. The molecule has 0 aliphatic heterocycles. The number of aryl methyl sites for hydroxylation is 1. The molecule has 0 bridgehead atoms. The highest BCUT2D eigenvalue weighted by atomic mass is 19.1. The van der Waals surface area contributed by atoms with Crippen molar-refractivity contribution in [3.63, 3.8) is 0 Å². The van der Waals surface area contributed by atoms with E-state index < -0.39 is 22.4 Å². The van der Waals surface area contributed by atoms with E-state index in [9.17, 15) is 19.3 Å². The molecule has 84 valence electrons. The highest BCUT2D eigenvalue weighted by Gasteiger charge is 2.19. The Balaban J connectivity index is 3.35. The van der Waals surface area contributed by atoms with Crippen molar-refractivity contribution in [3.8, 4) is 0 Å². The van der Waals surface area contributed by atoms with Gasteiger partial charge in [0, 0.05) is 6.08 Å². The number of hydrogen-bond donors (Lipinski definition) is 1. The number of hydrogen-bond acceptors (Lipinski definition) is 3. The molecule has 0 unspecified atom stereocenters. The summed E-state index contributed by atoms with van der Waals surface area (Å²) in [5.41, 5.74) is -0.305. The van der Waals surface area contributed by atoms with E-state index in [0.717, 1.165) is 18.2 Å². The summed E-state index contributed by atoms with van der Waals surface area (Å²) in [5.74, 6) is -2.23. The van der Waals surface area contributed by atoms with Gasteiger partial charge in [0.15, 0.2) is 0 Å². The van der Waals surface area contributed by atoms with Crippen LogP contribution in [-0.4, -0.2) is 16.0 Å². The van der Waals surface area contributed by atoms with Crippen molar-refractivity contribution < 1.29 is 19.2 Å². The lowest BCUT2D eigenvalue weighted by molar-refractivity contribution is -0.387. The highest BCUT2D eigenvalue weighted by Crippen LogP contribution is 2.25. The van der Waals surface area contributed by atoms with Gasteiger partial charge in [0.05, 0.1) is 10.5 Å². The quantitative estimate of drug-likeness (QED) is 0.485. The van der Waals surface area contributed by atoms with Crippen molar-refractivity contribution in [1.29, 1.82) is 0 Å². The zero-order chi connectivity index (χ0) is 12.3. The third kappa shape index (κ3) is 2.63. The van der Waals surface area contributed by atoms with Gasteiger partial charge in [0.1, 0.15) is 0 Å². The highest BCUT2D eigenvalue weighted by molar-refractivity contribution is 5.86. The molecular weight excluding hydrogens is 217 g/mol. The van der Waals surface area contributed by atoms with E-state index >= 15 is 0 Å². The Morgan fingerprint density at radius 1 is 1.56 bits per heavy atom. The number of carboxylic acids is 1. The van der Waals surface area contributed by atoms with Crippen molar-refractivity contribution in [3.05, 3.63) is 45.3 Å². The molecule has 0 saturated carbocycles. The Bertz CT molecular complexity index is 482. The summed E-state index contributed by atoms with van der Waals surface area (Å²) in [6.07, 6.45) is 1.72. The summed E-state index contributed by atoms with van der Waals surface area (Å²) < 4.78 is 13.3. The monoisotopic (exact) mass is 225 g/mol. The summed E-state index contributed by atoms with van der Waals surface area (Å²) in [6, 6.07) is 2.37. The Morgan fingerprint density at radius 2 is 2.19 bits per heavy atom. The Labute approximate surface area is 90.0 Å². The molecular formula is C10H8FNO4. The van der Waals surface area contributed by atoms with Crippen molar-refractivity contribution >= 4 is 17.7 Å². The van der Waals surface area contributed by atoms with E-state index in [1.54, 1.807) is 6.92 Å². The van der Waals surface area contributed by atoms with Crippen LogP contribution in [0.3, 0.4) is 0 Å². The van der Waals surface area contributed by atoms with E-state index in [2.05, 4.69) is 0 Å². The van der Waals surface area contributed by atoms with Crippen LogP contribution in [0.1, 0.15) is 11.1 Å². The average molecular weight is 225 g/mol. The molecule has 5 nitrogen and oxygen atoms in total. The van der Waals surface area contributed by atoms with Crippen molar-refractivity contribution in [2.45, 2.75) is 6.92 Å². The lowest BCUT2D eigenvalue weighted by atomic mass is 10.1. The number of nitro benzene ring substituents is 1. The second-order valence-electron chi connectivity index (χ2n) is 3.11. The molecule has 0 atom stereocenters. The molecule has 16 heavy (non-hydrogen) atoms. The number of rotatable bonds is 3. The van der Waals surface area contributed by atoms with E-state index in [1.807, 2.05) is 0 Å². The minimum absolute atomic E-state index is 0.0649. The lowest BCUT2D eigenvalue weighted by Gasteiger charge is -2.00. The van der Waals surface area contributed by atoms with Gasteiger partial charge in [-0.05, 0) is 30.7 Å². The first-order valence-electron chi connectivity index (χ1n) is 4.27.